The van der Waals surface area contributed by atoms with Gasteiger partial charge in [0.1, 0.15) is 0 Å². The molecule has 0 fully saturated rings. The fraction of sp³-hybridized carbons (Fsp3) is 0.647. The standard InChI is InChI=1S/2C9H12O.4C4H9.O.2Sn/c2*1-2-5-8-6-3-4-7-9(8)10;4*1-3-4-2;;;/h2*3-4,6-7,10H,2,5H2,1H3;4*1,3-4H2,2H3;;;/q;;;;;;;2*+1/p-2. The zero-order valence-electron chi connectivity index (χ0n) is 26.2. The van der Waals surface area contributed by atoms with E-state index in [1.165, 1.54) is 62.5 Å². The first-order valence-electron chi connectivity index (χ1n) is 16.2. The molecule has 0 unspecified atom stereocenters. The Balaban J connectivity index is 2.63. The van der Waals surface area contributed by atoms with Gasteiger partial charge in [-0.3, -0.25) is 0 Å². The van der Waals surface area contributed by atoms with Crippen LogP contribution in [-0.2, 0) is 14.3 Å². The van der Waals surface area contributed by atoms with Crippen molar-refractivity contribution in [1.82, 2.24) is 0 Å². The van der Waals surface area contributed by atoms with Crippen molar-refractivity contribution < 1.29 is 7.56 Å². The summed E-state index contributed by atoms with van der Waals surface area (Å²) in [5.74, 6) is 2.19. The van der Waals surface area contributed by atoms with Crippen LogP contribution in [0.4, 0.5) is 0 Å². The SMILES string of the molecule is CCC[CH2][Sn]([CH2]CCC)([O]c1ccccc1CCC)[O][Sn]([CH2]CCC)([CH2]CCC)[O]c1ccccc1CCC. The molecule has 0 bridgehead atoms. The topological polar surface area (TPSA) is 27.7 Å². The summed E-state index contributed by atoms with van der Waals surface area (Å²) in [5, 5.41) is 0. The molecule has 2 aromatic rings. The van der Waals surface area contributed by atoms with Gasteiger partial charge < -0.3 is 0 Å². The second-order valence-electron chi connectivity index (χ2n) is 11.3. The number of rotatable bonds is 22. The summed E-state index contributed by atoms with van der Waals surface area (Å²) < 4.78 is 27.2. The molecule has 0 spiro atoms. The zero-order chi connectivity index (χ0) is 28.4. The molecule has 0 saturated carbocycles. The summed E-state index contributed by atoms with van der Waals surface area (Å²) in [4.78, 5) is 0. The summed E-state index contributed by atoms with van der Waals surface area (Å²) in [6.07, 6.45) is 13.8. The Morgan fingerprint density at radius 2 is 0.795 bits per heavy atom. The summed E-state index contributed by atoms with van der Waals surface area (Å²) in [7, 11) is 0. The monoisotopic (exact) mass is 754 g/mol. The first-order valence-corrected chi connectivity index (χ1v) is 29.0. The third kappa shape index (κ3) is 11.8. The predicted molar refractivity (Wildman–Crippen MR) is 174 cm³/mol. The zero-order valence-corrected chi connectivity index (χ0v) is 31.9. The van der Waals surface area contributed by atoms with Crippen LogP contribution in [0, 0.1) is 0 Å². The maximum absolute atomic E-state index is 7.88. The van der Waals surface area contributed by atoms with Crippen molar-refractivity contribution in [3.63, 3.8) is 0 Å². The third-order valence-corrected chi connectivity index (χ3v) is 40.1. The molecular weight excluding hydrogens is 694 g/mol. The minimum absolute atomic E-state index is 1.06. The van der Waals surface area contributed by atoms with E-state index >= 15 is 0 Å². The second kappa shape index (κ2) is 19.7. The normalized spacial score (nSPS) is 12.1. The van der Waals surface area contributed by atoms with Gasteiger partial charge in [-0.05, 0) is 0 Å². The van der Waals surface area contributed by atoms with E-state index in [2.05, 4.69) is 90.1 Å². The Morgan fingerprint density at radius 3 is 1.10 bits per heavy atom. The van der Waals surface area contributed by atoms with Gasteiger partial charge in [0.25, 0.3) is 0 Å². The quantitative estimate of drug-likeness (QED) is 0.112. The molecule has 0 aliphatic carbocycles. The molecule has 0 saturated heterocycles. The Labute approximate surface area is 251 Å². The van der Waals surface area contributed by atoms with Crippen molar-refractivity contribution >= 4 is 38.4 Å². The molecule has 2 aromatic carbocycles. The van der Waals surface area contributed by atoms with E-state index < -0.39 is 38.4 Å². The van der Waals surface area contributed by atoms with Crippen molar-refractivity contribution in [2.24, 2.45) is 0 Å². The van der Waals surface area contributed by atoms with Gasteiger partial charge in [-0.2, -0.15) is 0 Å². The van der Waals surface area contributed by atoms with Gasteiger partial charge in [-0.1, -0.05) is 0 Å². The molecule has 220 valence electrons. The van der Waals surface area contributed by atoms with Crippen LogP contribution in [0.1, 0.15) is 117 Å². The Morgan fingerprint density at radius 1 is 0.462 bits per heavy atom. The van der Waals surface area contributed by atoms with Crippen LogP contribution in [0.2, 0.25) is 17.7 Å². The number of benzene rings is 2. The number of aryl methyl sites for hydroxylation is 2. The van der Waals surface area contributed by atoms with Crippen LogP contribution in [0.3, 0.4) is 0 Å². The van der Waals surface area contributed by atoms with Gasteiger partial charge in [0.2, 0.25) is 0 Å². The minimum atomic E-state index is -3.60. The van der Waals surface area contributed by atoms with Crippen LogP contribution >= 0.6 is 0 Å². The molecule has 5 heteroatoms. The number of hydrogen-bond acceptors (Lipinski definition) is 3. The summed E-state index contributed by atoms with van der Waals surface area (Å²) in [5.41, 5.74) is 2.68. The Kier molecular flexibility index (Phi) is 17.6. The molecular formula is C34H58O3Sn2. The molecule has 0 aliphatic rings. The van der Waals surface area contributed by atoms with Crippen LogP contribution in [0.25, 0.3) is 0 Å². The van der Waals surface area contributed by atoms with Gasteiger partial charge in [-0.25, -0.2) is 0 Å². The molecule has 2 rings (SSSR count). The number of para-hydroxylation sites is 2. The van der Waals surface area contributed by atoms with Crippen molar-refractivity contribution in [1.29, 1.82) is 0 Å². The first-order chi connectivity index (χ1) is 19.0. The molecule has 3 nitrogen and oxygen atoms in total. The average molecular weight is 752 g/mol. The summed E-state index contributed by atoms with van der Waals surface area (Å²) in [6, 6.07) is 17.6. The van der Waals surface area contributed by atoms with Crippen molar-refractivity contribution in [3.05, 3.63) is 59.7 Å². The van der Waals surface area contributed by atoms with Gasteiger partial charge in [-0.15, -0.1) is 0 Å². The van der Waals surface area contributed by atoms with E-state index in [4.69, 9.17) is 7.56 Å². The van der Waals surface area contributed by atoms with Crippen LogP contribution < -0.4 is 6.15 Å². The van der Waals surface area contributed by atoms with Gasteiger partial charge in [0.05, 0.1) is 0 Å². The van der Waals surface area contributed by atoms with E-state index in [9.17, 15) is 0 Å². The maximum atomic E-state index is 7.88. The van der Waals surface area contributed by atoms with Crippen molar-refractivity contribution in [2.45, 2.75) is 136 Å². The van der Waals surface area contributed by atoms with Crippen LogP contribution in [-0.4, -0.2) is 38.4 Å². The van der Waals surface area contributed by atoms with Crippen molar-refractivity contribution in [2.75, 3.05) is 0 Å². The molecule has 0 heterocycles. The molecule has 0 atom stereocenters. The van der Waals surface area contributed by atoms with E-state index in [1.54, 1.807) is 0 Å². The van der Waals surface area contributed by atoms with Crippen LogP contribution in [0.5, 0.6) is 11.5 Å². The van der Waals surface area contributed by atoms with Gasteiger partial charge >= 0.3 is 253 Å². The molecule has 0 aromatic heterocycles. The fourth-order valence-electron chi connectivity index (χ4n) is 5.38. The number of hydrogen-bond donors (Lipinski definition) is 0. The molecule has 0 amide bonds. The number of unbranched alkanes of at least 4 members (excludes halogenated alkanes) is 4. The molecule has 0 N–H and O–H groups in total. The average Bonchev–Trinajstić information content (AvgIpc) is 2.95. The molecule has 0 aliphatic heterocycles. The van der Waals surface area contributed by atoms with E-state index in [0.717, 1.165) is 54.9 Å². The Hall–Kier alpha value is -0.403. The van der Waals surface area contributed by atoms with E-state index in [0.29, 0.717) is 0 Å². The third-order valence-electron chi connectivity index (χ3n) is 7.59. The fourth-order valence-corrected chi connectivity index (χ4v) is 47.3. The second-order valence-corrected chi connectivity index (χ2v) is 33.0. The predicted octanol–water partition coefficient (Wildman–Crippen LogP) is 11.2. The van der Waals surface area contributed by atoms with Crippen LogP contribution in [0.15, 0.2) is 48.5 Å². The summed E-state index contributed by atoms with van der Waals surface area (Å²) in [6.45, 7) is 13.8. The Bertz CT molecular complexity index is 827. The van der Waals surface area contributed by atoms with Gasteiger partial charge in [0.15, 0.2) is 0 Å². The van der Waals surface area contributed by atoms with Gasteiger partial charge in [0, 0.05) is 0 Å². The first kappa shape index (κ1) is 34.8. The van der Waals surface area contributed by atoms with E-state index in [1.807, 2.05) is 0 Å². The summed E-state index contributed by atoms with van der Waals surface area (Å²) >= 11 is -7.20. The van der Waals surface area contributed by atoms with Crippen molar-refractivity contribution in [3.8, 4) is 11.5 Å². The molecule has 0 radical (unpaired) electrons. The molecule has 39 heavy (non-hydrogen) atoms. The van der Waals surface area contributed by atoms with E-state index in [-0.39, 0.29) is 0 Å².